The predicted octanol–water partition coefficient (Wildman–Crippen LogP) is 2.20. The zero-order valence-electron chi connectivity index (χ0n) is 9.49. The molecule has 2 N–H and O–H groups in total. The summed E-state index contributed by atoms with van der Waals surface area (Å²) in [5.74, 6) is 1.57. The van der Waals surface area contributed by atoms with E-state index in [1.807, 2.05) is 0 Å². The molecule has 2 rings (SSSR count). The van der Waals surface area contributed by atoms with Gasteiger partial charge in [0.15, 0.2) is 0 Å². The summed E-state index contributed by atoms with van der Waals surface area (Å²) >= 11 is 0. The highest BCUT2D eigenvalue weighted by Crippen LogP contribution is 2.29. The maximum Gasteiger partial charge on any atom is 0.0348 e. The first kappa shape index (κ1) is 11.6. The van der Waals surface area contributed by atoms with E-state index >= 15 is 0 Å². The lowest BCUT2D eigenvalue weighted by Crippen LogP contribution is -2.26. The van der Waals surface area contributed by atoms with Gasteiger partial charge in [0, 0.05) is 27.8 Å². The largest absolute Gasteiger partial charge is 0.327 e. The van der Waals surface area contributed by atoms with Crippen LogP contribution in [0.25, 0.3) is 0 Å². The topological polar surface area (TPSA) is 43.1 Å². The molecule has 2 saturated carbocycles. The Bertz CT molecular complexity index is 226. The maximum atomic E-state index is 12.0. The molecule has 0 aromatic rings. The molecule has 2 nitrogen and oxygen atoms in total. The van der Waals surface area contributed by atoms with Crippen LogP contribution in [0.4, 0.5) is 0 Å². The van der Waals surface area contributed by atoms with Crippen molar-refractivity contribution < 1.29 is 4.21 Å². The van der Waals surface area contributed by atoms with Crippen molar-refractivity contribution in [3.63, 3.8) is 0 Å². The Morgan fingerprint density at radius 2 is 1.80 bits per heavy atom. The van der Waals surface area contributed by atoms with Gasteiger partial charge in [-0.3, -0.25) is 4.21 Å². The third-order valence-electron chi connectivity index (χ3n) is 4.08. The van der Waals surface area contributed by atoms with Crippen molar-refractivity contribution in [1.82, 2.24) is 0 Å². The molecule has 0 heterocycles. The minimum Gasteiger partial charge on any atom is -0.327 e. The quantitative estimate of drug-likeness (QED) is 0.803. The smallest absolute Gasteiger partial charge is 0.0348 e. The molecular formula is C12H23NOS. The first-order valence-electron chi connectivity index (χ1n) is 6.40. The average Bonchev–Trinajstić information content (AvgIpc) is 2.85. The van der Waals surface area contributed by atoms with E-state index in [1.165, 1.54) is 44.9 Å². The van der Waals surface area contributed by atoms with Gasteiger partial charge in [0.1, 0.15) is 0 Å². The summed E-state index contributed by atoms with van der Waals surface area (Å²) in [6.07, 6.45) is 9.81. The molecule has 88 valence electrons. The van der Waals surface area contributed by atoms with Crippen molar-refractivity contribution in [1.29, 1.82) is 0 Å². The Kier molecular flexibility index (Phi) is 4.21. The van der Waals surface area contributed by atoms with Gasteiger partial charge in [-0.05, 0) is 38.0 Å². The molecule has 0 amide bonds. The fourth-order valence-corrected chi connectivity index (χ4v) is 4.74. The molecule has 3 unspecified atom stereocenters. The van der Waals surface area contributed by atoms with E-state index in [9.17, 15) is 4.21 Å². The van der Waals surface area contributed by atoms with Crippen LogP contribution >= 0.6 is 0 Å². The highest BCUT2D eigenvalue weighted by Gasteiger charge is 2.26. The summed E-state index contributed by atoms with van der Waals surface area (Å²) in [5.41, 5.74) is 6.02. The van der Waals surface area contributed by atoms with E-state index in [0.29, 0.717) is 17.2 Å². The van der Waals surface area contributed by atoms with Crippen molar-refractivity contribution in [3.05, 3.63) is 0 Å². The molecule has 3 heteroatoms. The van der Waals surface area contributed by atoms with E-state index < -0.39 is 10.8 Å². The molecule has 0 radical (unpaired) electrons. The van der Waals surface area contributed by atoms with E-state index in [4.69, 9.17) is 5.73 Å². The zero-order valence-corrected chi connectivity index (χ0v) is 10.3. The maximum absolute atomic E-state index is 12.0. The molecule has 2 fully saturated rings. The fourth-order valence-electron chi connectivity index (χ4n) is 3.01. The summed E-state index contributed by atoms with van der Waals surface area (Å²) in [6.45, 7) is 0. The van der Waals surface area contributed by atoms with Crippen molar-refractivity contribution in [2.75, 3.05) is 5.75 Å². The zero-order chi connectivity index (χ0) is 10.7. The average molecular weight is 229 g/mol. The Labute approximate surface area is 95.5 Å². The van der Waals surface area contributed by atoms with Crippen LogP contribution in [0.5, 0.6) is 0 Å². The van der Waals surface area contributed by atoms with Gasteiger partial charge >= 0.3 is 0 Å². The van der Waals surface area contributed by atoms with E-state index in [-0.39, 0.29) is 0 Å². The molecule has 2 aliphatic rings. The lowest BCUT2D eigenvalue weighted by Gasteiger charge is -2.16. The second-order valence-electron chi connectivity index (χ2n) is 5.13. The lowest BCUT2D eigenvalue weighted by atomic mass is 10.0. The third kappa shape index (κ3) is 3.04. The Hall–Kier alpha value is 0.110. The van der Waals surface area contributed by atoms with Crippen molar-refractivity contribution in [2.24, 2.45) is 11.7 Å². The molecule has 0 aromatic heterocycles. The lowest BCUT2D eigenvalue weighted by molar-refractivity contribution is 0.467. The highest BCUT2D eigenvalue weighted by molar-refractivity contribution is 7.85. The summed E-state index contributed by atoms with van der Waals surface area (Å²) in [4.78, 5) is 0. The van der Waals surface area contributed by atoms with Crippen LogP contribution in [0.3, 0.4) is 0 Å². The van der Waals surface area contributed by atoms with Gasteiger partial charge in [0.05, 0.1) is 0 Å². The molecule has 2 aliphatic carbocycles. The van der Waals surface area contributed by atoms with E-state index in [1.54, 1.807) is 0 Å². The third-order valence-corrected chi connectivity index (χ3v) is 5.93. The van der Waals surface area contributed by atoms with Crippen LogP contribution in [0.15, 0.2) is 0 Å². The van der Waals surface area contributed by atoms with Crippen LogP contribution in [-0.2, 0) is 10.8 Å². The molecular weight excluding hydrogens is 206 g/mol. The van der Waals surface area contributed by atoms with Gasteiger partial charge in [-0.2, -0.15) is 0 Å². The number of rotatable bonds is 4. The van der Waals surface area contributed by atoms with Crippen LogP contribution in [0, 0.1) is 5.92 Å². The van der Waals surface area contributed by atoms with Gasteiger partial charge in [-0.15, -0.1) is 0 Å². The number of hydrogen-bond acceptors (Lipinski definition) is 2. The first-order valence-corrected chi connectivity index (χ1v) is 7.78. The van der Waals surface area contributed by atoms with E-state index in [2.05, 4.69) is 0 Å². The van der Waals surface area contributed by atoms with Gasteiger partial charge in [-0.1, -0.05) is 19.3 Å². The molecule has 0 aromatic carbocycles. The van der Waals surface area contributed by atoms with E-state index in [0.717, 1.165) is 12.2 Å². The fraction of sp³-hybridized carbons (Fsp3) is 1.00. The monoisotopic (exact) mass is 229 g/mol. The number of nitrogens with two attached hydrogens (primary N) is 1. The van der Waals surface area contributed by atoms with Crippen LogP contribution in [0.1, 0.15) is 51.4 Å². The molecule has 0 spiro atoms. The van der Waals surface area contributed by atoms with Crippen LogP contribution in [0.2, 0.25) is 0 Å². The van der Waals surface area contributed by atoms with Crippen LogP contribution in [-0.4, -0.2) is 21.3 Å². The van der Waals surface area contributed by atoms with Gasteiger partial charge in [-0.25, -0.2) is 0 Å². The number of hydrogen-bond donors (Lipinski definition) is 1. The summed E-state index contributed by atoms with van der Waals surface area (Å²) < 4.78 is 12.0. The van der Waals surface area contributed by atoms with Crippen LogP contribution < -0.4 is 5.73 Å². The van der Waals surface area contributed by atoms with Gasteiger partial charge < -0.3 is 5.73 Å². The summed E-state index contributed by atoms with van der Waals surface area (Å²) in [6, 6.07) is 0.394. The predicted molar refractivity (Wildman–Crippen MR) is 65.2 cm³/mol. The normalized spacial score (nSPS) is 34.7. The second kappa shape index (κ2) is 5.44. The van der Waals surface area contributed by atoms with Gasteiger partial charge in [0.2, 0.25) is 0 Å². The summed E-state index contributed by atoms with van der Waals surface area (Å²) in [7, 11) is -0.562. The second-order valence-corrected chi connectivity index (χ2v) is 6.97. The first-order chi connectivity index (χ1) is 7.27. The Morgan fingerprint density at radius 1 is 1.07 bits per heavy atom. The Morgan fingerprint density at radius 3 is 2.40 bits per heavy atom. The standard InChI is InChI=1S/C12H23NOS/c13-12-7-3-4-10(12)8-9-15(14)11-5-1-2-6-11/h10-12H,1-9,13H2. The van der Waals surface area contributed by atoms with Crippen molar-refractivity contribution in [2.45, 2.75) is 62.7 Å². The molecule has 0 bridgehead atoms. The SMILES string of the molecule is NC1CCCC1CCS(=O)C1CCCC1. The highest BCUT2D eigenvalue weighted by atomic mass is 32.2. The molecule has 15 heavy (non-hydrogen) atoms. The minimum atomic E-state index is -0.562. The van der Waals surface area contributed by atoms with Crippen molar-refractivity contribution >= 4 is 10.8 Å². The summed E-state index contributed by atoms with van der Waals surface area (Å²) in [5, 5.41) is 0.516. The Balaban J connectivity index is 1.70. The molecule has 0 saturated heterocycles. The van der Waals surface area contributed by atoms with Gasteiger partial charge in [0.25, 0.3) is 0 Å². The minimum absolute atomic E-state index is 0.394. The molecule has 3 atom stereocenters. The van der Waals surface area contributed by atoms with Crippen molar-refractivity contribution in [3.8, 4) is 0 Å². The molecule has 0 aliphatic heterocycles.